The van der Waals surface area contributed by atoms with Gasteiger partial charge < -0.3 is 19.8 Å². The first-order valence-electron chi connectivity index (χ1n) is 13.6. The predicted molar refractivity (Wildman–Crippen MR) is 136 cm³/mol. The van der Waals surface area contributed by atoms with E-state index >= 15 is 0 Å². The molecule has 192 valence electrons. The van der Waals surface area contributed by atoms with Crippen LogP contribution in [0.25, 0.3) is 0 Å². The van der Waals surface area contributed by atoms with E-state index < -0.39 is 6.10 Å². The number of carbonyl (C=O) groups excluding carboxylic acids is 2. The molecule has 1 spiro atoms. The molecule has 0 aromatic heterocycles. The van der Waals surface area contributed by atoms with E-state index in [-0.39, 0.29) is 29.6 Å². The van der Waals surface area contributed by atoms with Crippen molar-refractivity contribution in [3.8, 4) is 0 Å². The van der Waals surface area contributed by atoms with E-state index in [9.17, 15) is 14.7 Å². The molecule has 0 radical (unpaired) electrons. The van der Waals surface area contributed by atoms with E-state index in [2.05, 4.69) is 54.2 Å². The van der Waals surface area contributed by atoms with Crippen molar-refractivity contribution >= 4 is 11.9 Å². The normalized spacial score (nSPS) is 31.9. The largest absolute Gasteiger partial charge is 0.391 e. The smallest absolute Gasteiger partial charge is 0.321 e. The van der Waals surface area contributed by atoms with Gasteiger partial charge in [-0.15, -0.1) is 0 Å². The first kappa shape index (κ1) is 24.6. The summed E-state index contributed by atoms with van der Waals surface area (Å²) < 4.78 is 0. The predicted octanol–water partition coefficient (Wildman–Crippen LogP) is 3.28. The van der Waals surface area contributed by atoms with Crippen molar-refractivity contribution in [2.45, 2.75) is 75.0 Å². The molecule has 2 heterocycles. The number of aliphatic hydroxyl groups is 1. The zero-order valence-corrected chi connectivity index (χ0v) is 21.5. The van der Waals surface area contributed by atoms with Crippen molar-refractivity contribution in [3.63, 3.8) is 0 Å². The van der Waals surface area contributed by atoms with Crippen LogP contribution in [0, 0.1) is 5.92 Å². The fourth-order valence-electron chi connectivity index (χ4n) is 6.95. The highest BCUT2D eigenvalue weighted by molar-refractivity contribution is 5.86. The molecule has 0 bridgehead atoms. The van der Waals surface area contributed by atoms with E-state index in [0.717, 1.165) is 45.1 Å². The molecule has 7 nitrogen and oxygen atoms in total. The van der Waals surface area contributed by atoms with E-state index in [1.807, 2.05) is 4.90 Å². The maximum atomic E-state index is 13.7. The summed E-state index contributed by atoms with van der Waals surface area (Å²) in [5.41, 5.74) is 1.14. The molecule has 4 aliphatic rings. The Morgan fingerprint density at radius 3 is 2.37 bits per heavy atom. The minimum atomic E-state index is -0.445. The lowest BCUT2D eigenvalue weighted by atomic mass is 9.68. The Balaban J connectivity index is 1.34. The highest BCUT2D eigenvalue weighted by Gasteiger charge is 2.55. The van der Waals surface area contributed by atoms with Gasteiger partial charge in [0, 0.05) is 31.7 Å². The Morgan fingerprint density at radius 1 is 1.06 bits per heavy atom. The summed E-state index contributed by atoms with van der Waals surface area (Å²) in [6.45, 7) is 2.66. The summed E-state index contributed by atoms with van der Waals surface area (Å²) in [5, 5.41) is 10.0. The molecule has 1 unspecified atom stereocenters. The average Bonchev–Trinajstić information content (AvgIpc) is 3.07. The maximum absolute atomic E-state index is 13.7. The molecule has 5 rings (SSSR count). The molecular weight excluding hydrogens is 440 g/mol. The second-order valence-corrected chi connectivity index (χ2v) is 11.7. The molecule has 1 aromatic carbocycles. The maximum Gasteiger partial charge on any atom is 0.321 e. The van der Waals surface area contributed by atoms with E-state index in [4.69, 9.17) is 0 Å². The Labute approximate surface area is 210 Å². The van der Waals surface area contributed by atoms with Crippen LogP contribution in [0.1, 0.15) is 63.4 Å². The van der Waals surface area contributed by atoms with Gasteiger partial charge >= 0.3 is 6.03 Å². The number of nitrogens with zero attached hydrogens (tertiary/aromatic N) is 4. The number of benzene rings is 1. The van der Waals surface area contributed by atoms with E-state index in [0.29, 0.717) is 25.6 Å². The van der Waals surface area contributed by atoms with Crippen molar-refractivity contribution in [2.75, 3.05) is 46.8 Å². The average molecular weight is 483 g/mol. The molecule has 35 heavy (non-hydrogen) atoms. The molecule has 4 fully saturated rings. The lowest BCUT2D eigenvalue weighted by Crippen LogP contribution is -2.56. The zero-order chi connectivity index (χ0) is 24.6. The summed E-state index contributed by atoms with van der Waals surface area (Å²) >= 11 is 0. The Morgan fingerprint density at radius 2 is 1.77 bits per heavy atom. The van der Waals surface area contributed by atoms with Crippen LogP contribution in [-0.4, -0.2) is 95.1 Å². The van der Waals surface area contributed by atoms with Crippen molar-refractivity contribution in [1.82, 2.24) is 19.6 Å². The second-order valence-electron chi connectivity index (χ2n) is 11.7. The molecule has 2 saturated heterocycles. The third kappa shape index (κ3) is 4.57. The summed E-state index contributed by atoms with van der Waals surface area (Å²) in [4.78, 5) is 34.9. The number of carbonyl (C=O) groups is 2. The van der Waals surface area contributed by atoms with Gasteiger partial charge in [0.1, 0.15) is 6.54 Å². The van der Waals surface area contributed by atoms with Gasteiger partial charge in [-0.1, -0.05) is 36.8 Å². The molecule has 1 aromatic rings. The quantitative estimate of drug-likeness (QED) is 0.676. The van der Waals surface area contributed by atoms with Crippen LogP contribution in [0.15, 0.2) is 30.3 Å². The van der Waals surface area contributed by atoms with Crippen molar-refractivity contribution in [3.05, 3.63) is 35.9 Å². The third-order valence-corrected chi connectivity index (χ3v) is 9.48. The van der Waals surface area contributed by atoms with Gasteiger partial charge in [0.15, 0.2) is 0 Å². The lowest BCUT2D eigenvalue weighted by molar-refractivity contribution is -0.134. The zero-order valence-electron chi connectivity index (χ0n) is 21.5. The summed E-state index contributed by atoms with van der Waals surface area (Å²) in [5.74, 6) is 0.568. The van der Waals surface area contributed by atoms with Crippen LogP contribution >= 0.6 is 0 Å². The van der Waals surface area contributed by atoms with Crippen molar-refractivity contribution in [2.24, 2.45) is 5.92 Å². The highest BCUT2D eigenvalue weighted by atomic mass is 16.3. The topological polar surface area (TPSA) is 67.3 Å². The standard InChI is InChI=1S/C28H42N4O3/c1-29(2)28(23-10-4-3-5-11-23)15-13-27(14-16-28)21-31(26(35)32(27)18-22-8-6-9-22)20-25(34)30-17-7-12-24(33)19-30/h3-5,10-11,22,24,33H,6-9,12-21H2,1-2H3/t24?,27-,28-. The fourth-order valence-corrected chi connectivity index (χ4v) is 6.95. The van der Waals surface area contributed by atoms with Gasteiger partial charge in [0.25, 0.3) is 0 Å². The number of aliphatic hydroxyl groups excluding tert-OH is 1. The van der Waals surface area contributed by atoms with Gasteiger partial charge in [-0.05, 0) is 76.9 Å². The van der Waals surface area contributed by atoms with Gasteiger partial charge in [0.05, 0.1) is 11.6 Å². The minimum Gasteiger partial charge on any atom is -0.391 e. The molecule has 2 aliphatic carbocycles. The number of likely N-dealkylation sites (tertiary alicyclic amines) is 1. The molecule has 1 N–H and O–H groups in total. The van der Waals surface area contributed by atoms with Crippen LogP contribution in [0.3, 0.4) is 0 Å². The van der Waals surface area contributed by atoms with Gasteiger partial charge in [-0.25, -0.2) is 4.79 Å². The van der Waals surface area contributed by atoms with E-state index in [1.165, 1.54) is 24.8 Å². The van der Waals surface area contributed by atoms with Crippen LogP contribution in [0.5, 0.6) is 0 Å². The van der Waals surface area contributed by atoms with Crippen LogP contribution < -0.4 is 0 Å². The summed E-state index contributed by atoms with van der Waals surface area (Å²) in [6.07, 6.45) is 8.70. The van der Waals surface area contributed by atoms with Crippen molar-refractivity contribution in [1.29, 1.82) is 0 Å². The Bertz CT molecular complexity index is 908. The number of hydrogen-bond acceptors (Lipinski definition) is 4. The Kier molecular flexibility index (Phi) is 6.83. The van der Waals surface area contributed by atoms with Gasteiger partial charge in [0.2, 0.25) is 5.91 Å². The SMILES string of the molecule is CN(C)[C@]1(c2ccccc2)CC[C@@]2(CC1)CN(CC(=O)N1CCCC(O)C1)C(=O)N2CC1CCC1. The van der Waals surface area contributed by atoms with Gasteiger partial charge in [-0.3, -0.25) is 9.69 Å². The first-order chi connectivity index (χ1) is 16.8. The number of hydrogen-bond donors (Lipinski definition) is 1. The second kappa shape index (κ2) is 9.74. The van der Waals surface area contributed by atoms with Crippen LogP contribution in [0.4, 0.5) is 4.79 Å². The minimum absolute atomic E-state index is 0.0229. The van der Waals surface area contributed by atoms with Crippen LogP contribution in [0.2, 0.25) is 0 Å². The molecule has 2 saturated carbocycles. The molecule has 3 amide bonds. The first-order valence-corrected chi connectivity index (χ1v) is 13.6. The number of piperidine rings is 1. The lowest BCUT2D eigenvalue weighted by Gasteiger charge is -2.51. The highest BCUT2D eigenvalue weighted by Crippen LogP contribution is 2.49. The monoisotopic (exact) mass is 482 g/mol. The third-order valence-electron chi connectivity index (χ3n) is 9.48. The molecule has 7 heteroatoms. The van der Waals surface area contributed by atoms with Crippen LogP contribution in [-0.2, 0) is 10.3 Å². The summed E-state index contributed by atoms with van der Waals surface area (Å²) in [7, 11) is 4.35. The molecule has 1 atom stereocenters. The van der Waals surface area contributed by atoms with E-state index in [1.54, 1.807) is 4.90 Å². The number of β-amino-alcohol motifs (C(OH)–C–C–N with tert-alkyl or cyclic N) is 1. The number of rotatable bonds is 6. The molecular formula is C28H42N4O3. The number of amides is 3. The molecule has 2 aliphatic heterocycles. The van der Waals surface area contributed by atoms with Crippen molar-refractivity contribution < 1.29 is 14.7 Å². The Hall–Kier alpha value is -2.12. The van der Waals surface area contributed by atoms with Gasteiger partial charge in [-0.2, -0.15) is 0 Å². The summed E-state index contributed by atoms with van der Waals surface area (Å²) in [6, 6.07) is 10.8. The fraction of sp³-hybridized carbons (Fsp3) is 0.714. The number of urea groups is 1.